The van der Waals surface area contributed by atoms with Crippen LogP contribution >= 0.6 is 0 Å². The molecule has 0 unspecified atom stereocenters. The average molecular weight is 241 g/mol. The van der Waals surface area contributed by atoms with E-state index in [1.807, 2.05) is 0 Å². The van der Waals surface area contributed by atoms with Gasteiger partial charge in [-0.2, -0.15) is 0 Å². The van der Waals surface area contributed by atoms with Crippen molar-refractivity contribution in [2.75, 3.05) is 19.8 Å². The summed E-state index contributed by atoms with van der Waals surface area (Å²) in [6, 6.07) is 0.560. The van der Waals surface area contributed by atoms with Crippen molar-refractivity contribution in [1.29, 1.82) is 0 Å². The molecule has 1 N–H and O–H groups in total. The van der Waals surface area contributed by atoms with Gasteiger partial charge < -0.3 is 14.8 Å². The van der Waals surface area contributed by atoms with Crippen molar-refractivity contribution < 1.29 is 9.47 Å². The minimum absolute atomic E-state index is 0.384. The summed E-state index contributed by atoms with van der Waals surface area (Å²) in [7, 11) is 0. The number of hydrogen-bond donors (Lipinski definition) is 1. The highest BCUT2D eigenvalue weighted by Gasteiger charge is 2.22. The molecule has 0 radical (unpaired) electrons. The standard InChI is InChI=1S/C14H27NO2/c1-12-14(8-11-16-12)15-9-5-10-17-13-6-3-2-4-7-13/h12-15H,2-11H2,1H3/t12-,14+/m1/s1. The van der Waals surface area contributed by atoms with Gasteiger partial charge in [0.15, 0.2) is 0 Å². The van der Waals surface area contributed by atoms with Crippen molar-refractivity contribution in [2.24, 2.45) is 0 Å². The summed E-state index contributed by atoms with van der Waals surface area (Å²) in [5.41, 5.74) is 0. The molecular weight excluding hydrogens is 214 g/mol. The van der Waals surface area contributed by atoms with E-state index in [4.69, 9.17) is 9.47 Å². The number of hydrogen-bond acceptors (Lipinski definition) is 3. The Morgan fingerprint density at radius 2 is 2.00 bits per heavy atom. The van der Waals surface area contributed by atoms with Gasteiger partial charge in [0, 0.05) is 19.3 Å². The van der Waals surface area contributed by atoms with Gasteiger partial charge in [-0.15, -0.1) is 0 Å². The molecule has 0 amide bonds. The van der Waals surface area contributed by atoms with E-state index in [-0.39, 0.29) is 0 Å². The van der Waals surface area contributed by atoms with E-state index in [1.54, 1.807) is 0 Å². The molecule has 0 bridgehead atoms. The Balaban J connectivity index is 1.45. The lowest BCUT2D eigenvalue weighted by atomic mass is 9.98. The van der Waals surface area contributed by atoms with Crippen LogP contribution in [0.25, 0.3) is 0 Å². The first-order valence-electron chi connectivity index (χ1n) is 7.33. The SMILES string of the molecule is C[C@H]1OCC[C@@H]1NCCCOC1CCCCC1. The van der Waals surface area contributed by atoms with Crippen LogP contribution in [-0.4, -0.2) is 38.0 Å². The number of nitrogens with one attached hydrogen (secondary N) is 1. The highest BCUT2D eigenvalue weighted by atomic mass is 16.5. The van der Waals surface area contributed by atoms with Gasteiger partial charge in [-0.25, -0.2) is 0 Å². The maximum absolute atomic E-state index is 5.90. The average Bonchev–Trinajstić information content (AvgIpc) is 2.76. The third-order valence-electron chi connectivity index (χ3n) is 4.01. The molecular formula is C14H27NO2. The Labute approximate surface area is 105 Å². The minimum atomic E-state index is 0.384. The quantitative estimate of drug-likeness (QED) is 0.725. The Hall–Kier alpha value is -0.120. The molecule has 1 saturated carbocycles. The fourth-order valence-electron chi connectivity index (χ4n) is 2.84. The van der Waals surface area contributed by atoms with Gasteiger partial charge in [-0.1, -0.05) is 19.3 Å². The molecule has 2 rings (SSSR count). The summed E-state index contributed by atoms with van der Waals surface area (Å²) >= 11 is 0. The zero-order valence-electron chi connectivity index (χ0n) is 11.1. The second-order valence-corrected chi connectivity index (χ2v) is 5.41. The first-order chi connectivity index (χ1) is 8.36. The number of rotatable bonds is 6. The van der Waals surface area contributed by atoms with Crippen LogP contribution in [0.5, 0.6) is 0 Å². The zero-order valence-corrected chi connectivity index (χ0v) is 11.1. The lowest BCUT2D eigenvalue weighted by Gasteiger charge is -2.22. The van der Waals surface area contributed by atoms with Crippen LogP contribution in [0.2, 0.25) is 0 Å². The lowest BCUT2D eigenvalue weighted by Crippen LogP contribution is -2.35. The lowest BCUT2D eigenvalue weighted by molar-refractivity contribution is 0.0267. The van der Waals surface area contributed by atoms with Crippen molar-refractivity contribution in [2.45, 2.75) is 70.1 Å². The van der Waals surface area contributed by atoms with Gasteiger partial charge in [0.1, 0.15) is 0 Å². The van der Waals surface area contributed by atoms with Crippen LogP contribution in [0.15, 0.2) is 0 Å². The van der Waals surface area contributed by atoms with E-state index >= 15 is 0 Å². The van der Waals surface area contributed by atoms with Crippen molar-refractivity contribution >= 4 is 0 Å². The molecule has 1 aliphatic heterocycles. The monoisotopic (exact) mass is 241 g/mol. The molecule has 0 aromatic rings. The molecule has 2 aliphatic rings. The third-order valence-corrected chi connectivity index (χ3v) is 4.01. The van der Waals surface area contributed by atoms with E-state index in [2.05, 4.69) is 12.2 Å². The first-order valence-corrected chi connectivity index (χ1v) is 7.33. The van der Waals surface area contributed by atoms with Crippen LogP contribution in [0, 0.1) is 0 Å². The maximum atomic E-state index is 5.90. The minimum Gasteiger partial charge on any atom is -0.378 e. The summed E-state index contributed by atoms with van der Waals surface area (Å²) in [5.74, 6) is 0. The first kappa shape index (κ1) is 13.3. The summed E-state index contributed by atoms with van der Waals surface area (Å²) in [5, 5.41) is 3.56. The molecule has 100 valence electrons. The van der Waals surface area contributed by atoms with E-state index in [9.17, 15) is 0 Å². The topological polar surface area (TPSA) is 30.5 Å². The number of ether oxygens (including phenoxy) is 2. The fraction of sp³-hybridized carbons (Fsp3) is 1.00. The normalized spacial score (nSPS) is 30.9. The molecule has 1 saturated heterocycles. The van der Waals surface area contributed by atoms with Crippen molar-refractivity contribution in [3.05, 3.63) is 0 Å². The molecule has 0 spiro atoms. The smallest absolute Gasteiger partial charge is 0.0700 e. The Bertz CT molecular complexity index is 204. The third kappa shape index (κ3) is 4.57. The maximum Gasteiger partial charge on any atom is 0.0700 e. The van der Waals surface area contributed by atoms with Crippen molar-refractivity contribution in [3.63, 3.8) is 0 Å². The van der Waals surface area contributed by atoms with Gasteiger partial charge in [-0.05, 0) is 39.2 Å². The molecule has 3 heteroatoms. The summed E-state index contributed by atoms with van der Waals surface area (Å²) in [6.45, 7) is 5.05. The molecule has 0 aromatic heterocycles. The highest BCUT2D eigenvalue weighted by Crippen LogP contribution is 2.20. The van der Waals surface area contributed by atoms with Crippen molar-refractivity contribution in [1.82, 2.24) is 5.32 Å². The second-order valence-electron chi connectivity index (χ2n) is 5.41. The summed E-state index contributed by atoms with van der Waals surface area (Å²) in [6.07, 6.45) is 9.90. The van der Waals surface area contributed by atoms with E-state index in [1.165, 1.54) is 32.1 Å². The fourth-order valence-corrected chi connectivity index (χ4v) is 2.84. The van der Waals surface area contributed by atoms with Crippen LogP contribution in [-0.2, 0) is 9.47 Å². The summed E-state index contributed by atoms with van der Waals surface area (Å²) in [4.78, 5) is 0. The van der Waals surface area contributed by atoms with Gasteiger partial charge in [0.05, 0.1) is 12.2 Å². The molecule has 2 atom stereocenters. The van der Waals surface area contributed by atoms with Gasteiger partial charge >= 0.3 is 0 Å². The Kier molecular flexibility index (Phi) is 5.75. The molecule has 1 aliphatic carbocycles. The molecule has 2 fully saturated rings. The van der Waals surface area contributed by atoms with Crippen LogP contribution in [0.3, 0.4) is 0 Å². The largest absolute Gasteiger partial charge is 0.378 e. The van der Waals surface area contributed by atoms with E-state index in [0.717, 1.165) is 32.6 Å². The Morgan fingerprint density at radius 1 is 1.18 bits per heavy atom. The summed E-state index contributed by atoms with van der Waals surface area (Å²) < 4.78 is 11.4. The predicted octanol–water partition coefficient (Wildman–Crippen LogP) is 2.49. The molecule has 3 nitrogen and oxygen atoms in total. The van der Waals surface area contributed by atoms with Crippen molar-refractivity contribution in [3.8, 4) is 0 Å². The molecule has 17 heavy (non-hydrogen) atoms. The van der Waals surface area contributed by atoms with Crippen LogP contribution in [0.4, 0.5) is 0 Å². The van der Waals surface area contributed by atoms with Gasteiger partial charge in [0.25, 0.3) is 0 Å². The predicted molar refractivity (Wildman–Crippen MR) is 69.3 cm³/mol. The zero-order chi connectivity index (χ0) is 11.9. The molecule has 0 aromatic carbocycles. The Morgan fingerprint density at radius 3 is 2.71 bits per heavy atom. The van der Waals surface area contributed by atoms with Crippen LogP contribution < -0.4 is 5.32 Å². The van der Waals surface area contributed by atoms with Gasteiger partial charge in [-0.3, -0.25) is 0 Å². The van der Waals surface area contributed by atoms with E-state index < -0.39 is 0 Å². The van der Waals surface area contributed by atoms with Crippen LogP contribution in [0.1, 0.15) is 51.9 Å². The second kappa shape index (κ2) is 7.34. The van der Waals surface area contributed by atoms with Gasteiger partial charge in [0.2, 0.25) is 0 Å². The van der Waals surface area contributed by atoms with E-state index in [0.29, 0.717) is 18.2 Å². The molecule has 1 heterocycles. The highest BCUT2D eigenvalue weighted by molar-refractivity contribution is 4.78.